The number of aliphatic carboxylic acids is 1. The van der Waals surface area contributed by atoms with Crippen LogP contribution in [0.2, 0.25) is 0 Å². The molecule has 1 rings (SSSR count). The minimum absolute atomic E-state index is 0.174. The predicted molar refractivity (Wildman–Crippen MR) is 248 cm³/mol. The maximum Gasteiger partial charge on any atom is 0.335 e. The molecule has 6 atom stereocenters. The van der Waals surface area contributed by atoms with Crippen molar-refractivity contribution in [3.8, 4) is 0 Å². The van der Waals surface area contributed by atoms with Gasteiger partial charge in [0.25, 0.3) is 0 Å². The highest BCUT2D eigenvalue weighted by molar-refractivity contribution is 5.73. The Morgan fingerprint density at radius 1 is 0.500 bits per heavy atom. The number of hydrogen-bond donors (Lipinski definition) is 4. The van der Waals surface area contributed by atoms with Crippen LogP contribution < -0.4 is 0 Å². The van der Waals surface area contributed by atoms with Crippen molar-refractivity contribution in [3.63, 3.8) is 0 Å². The van der Waals surface area contributed by atoms with E-state index >= 15 is 0 Å². The minimum Gasteiger partial charge on any atom is -0.479 e. The summed E-state index contributed by atoms with van der Waals surface area (Å²) in [6.07, 6.45) is 40.1. The number of carboxylic acid groups (broad SMARTS) is 1. The first-order chi connectivity index (χ1) is 30.2. The Kier molecular flexibility index (Phi) is 37.7. The lowest BCUT2D eigenvalue weighted by Gasteiger charge is -2.38. The number of rotatable bonds is 41. The SMILES string of the molecule is CCCCC/C=C\C/C=C\C/C=C\CCCCCCCCC(=O)OCC(COC1OC(C(=O)O)C(O)C(O)C1O)OC(=O)CCCCCCCCC/C=C\CCCCCCCC. The molecule has 11 heteroatoms. The first kappa shape index (κ1) is 57.2. The predicted octanol–water partition coefficient (Wildman–Crippen LogP) is 11.3. The Labute approximate surface area is 375 Å². The lowest BCUT2D eigenvalue weighted by molar-refractivity contribution is -0.298. The van der Waals surface area contributed by atoms with Crippen LogP contribution in [0, 0.1) is 0 Å². The quantitative estimate of drug-likeness (QED) is 0.0262. The zero-order valence-corrected chi connectivity index (χ0v) is 38.9. The van der Waals surface area contributed by atoms with E-state index in [-0.39, 0.29) is 19.4 Å². The number of carbonyl (C=O) groups is 3. The van der Waals surface area contributed by atoms with Crippen molar-refractivity contribution >= 4 is 17.9 Å². The number of aliphatic hydroxyl groups is 3. The van der Waals surface area contributed by atoms with Crippen LogP contribution in [0.3, 0.4) is 0 Å². The van der Waals surface area contributed by atoms with Crippen LogP contribution >= 0.6 is 0 Å². The van der Waals surface area contributed by atoms with E-state index in [1.165, 1.54) is 89.9 Å². The van der Waals surface area contributed by atoms with E-state index in [1.807, 2.05) is 0 Å². The average Bonchev–Trinajstić information content (AvgIpc) is 3.26. The molecular formula is C51H88O11. The summed E-state index contributed by atoms with van der Waals surface area (Å²) >= 11 is 0. The number of allylic oxidation sites excluding steroid dienone is 8. The fraction of sp³-hybridized carbons (Fsp3) is 0.784. The van der Waals surface area contributed by atoms with Crippen LogP contribution in [-0.4, -0.2) is 88.4 Å². The van der Waals surface area contributed by atoms with Crippen LogP contribution in [0.25, 0.3) is 0 Å². The molecule has 358 valence electrons. The Morgan fingerprint density at radius 2 is 0.903 bits per heavy atom. The van der Waals surface area contributed by atoms with Gasteiger partial charge in [0, 0.05) is 12.8 Å². The average molecular weight is 877 g/mol. The molecular weight excluding hydrogens is 789 g/mol. The molecule has 0 aromatic rings. The molecule has 0 spiro atoms. The molecule has 0 aliphatic carbocycles. The Balaban J connectivity index is 2.34. The molecule has 1 fully saturated rings. The summed E-state index contributed by atoms with van der Waals surface area (Å²) in [6.45, 7) is 3.78. The molecule has 0 saturated carbocycles. The van der Waals surface area contributed by atoms with Gasteiger partial charge in [-0.3, -0.25) is 9.59 Å². The number of unbranched alkanes of at least 4 members (excludes halogenated alkanes) is 22. The third kappa shape index (κ3) is 31.9. The van der Waals surface area contributed by atoms with Gasteiger partial charge in [-0.1, -0.05) is 165 Å². The van der Waals surface area contributed by atoms with Crippen LogP contribution in [-0.2, 0) is 33.3 Å². The Hall–Kier alpha value is -2.83. The highest BCUT2D eigenvalue weighted by atomic mass is 16.7. The van der Waals surface area contributed by atoms with Gasteiger partial charge in [0.2, 0.25) is 0 Å². The molecule has 1 saturated heterocycles. The summed E-state index contributed by atoms with van der Waals surface area (Å²) < 4.78 is 21.8. The van der Waals surface area contributed by atoms with Gasteiger partial charge in [-0.2, -0.15) is 0 Å². The highest BCUT2D eigenvalue weighted by Crippen LogP contribution is 2.23. The van der Waals surface area contributed by atoms with Crippen LogP contribution in [0.5, 0.6) is 0 Å². The first-order valence-corrected chi connectivity index (χ1v) is 24.7. The molecule has 1 aliphatic rings. The molecule has 0 aromatic carbocycles. The number of aliphatic hydroxyl groups excluding tert-OH is 3. The monoisotopic (exact) mass is 877 g/mol. The molecule has 62 heavy (non-hydrogen) atoms. The lowest BCUT2D eigenvalue weighted by atomic mass is 9.99. The van der Waals surface area contributed by atoms with E-state index in [1.54, 1.807) is 0 Å². The normalized spacial score (nSPS) is 19.9. The second kappa shape index (κ2) is 40.9. The Bertz CT molecular complexity index is 1210. The summed E-state index contributed by atoms with van der Waals surface area (Å²) in [4.78, 5) is 36.9. The third-order valence-corrected chi connectivity index (χ3v) is 11.2. The van der Waals surface area contributed by atoms with E-state index < -0.39 is 61.3 Å². The van der Waals surface area contributed by atoms with E-state index in [2.05, 4.69) is 62.5 Å². The smallest absolute Gasteiger partial charge is 0.335 e. The van der Waals surface area contributed by atoms with Crippen LogP contribution in [0.1, 0.15) is 206 Å². The topological polar surface area (TPSA) is 169 Å². The zero-order chi connectivity index (χ0) is 45.3. The number of carboxylic acids is 1. The van der Waals surface area contributed by atoms with Gasteiger partial charge in [-0.25, -0.2) is 4.79 Å². The standard InChI is InChI=1S/C51H88O11/c1-3-5-7-9-11-13-15-17-19-21-22-24-25-27-29-31-33-35-37-39-44(52)59-41-43(42-60-51-48(56)46(54)47(55)49(62-51)50(57)58)61-45(53)40-38-36-34-32-30-28-26-23-20-18-16-14-12-10-8-6-4-2/h11,13,17-20,22,24,43,46-49,51,54-56H,3-10,12,14-16,21,23,25-42H2,1-2H3,(H,57,58)/b13-11-,19-17-,20-18-,24-22-. The van der Waals surface area contributed by atoms with E-state index in [9.17, 15) is 34.8 Å². The van der Waals surface area contributed by atoms with Crippen molar-refractivity contribution in [2.24, 2.45) is 0 Å². The van der Waals surface area contributed by atoms with Gasteiger partial charge in [-0.05, 0) is 77.0 Å². The highest BCUT2D eigenvalue weighted by Gasteiger charge is 2.47. The summed E-state index contributed by atoms with van der Waals surface area (Å²) in [5, 5.41) is 39.9. The fourth-order valence-corrected chi connectivity index (χ4v) is 7.23. The van der Waals surface area contributed by atoms with E-state index in [4.69, 9.17) is 18.9 Å². The number of esters is 2. The van der Waals surface area contributed by atoms with Crippen LogP contribution in [0.15, 0.2) is 48.6 Å². The largest absolute Gasteiger partial charge is 0.479 e. The van der Waals surface area contributed by atoms with Gasteiger partial charge >= 0.3 is 17.9 Å². The van der Waals surface area contributed by atoms with Gasteiger partial charge in [0.05, 0.1) is 6.61 Å². The fourth-order valence-electron chi connectivity index (χ4n) is 7.23. The van der Waals surface area contributed by atoms with Gasteiger partial charge in [-0.15, -0.1) is 0 Å². The van der Waals surface area contributed by atoms with Crippen LogP contribution in [0.4, 0.5) is 0 Å². The number of carbonyl (C=O) groups excluding carboxylic acids is 2. The maximum absolute atomic E-state index is 12.8. The van der Waals surface area contributed by atoms with Crippen molar-refractivity contribution < 1.29 is 53.8 Å². The van der Waals surface area contributed by atoms with Crippen molar-refractivity contribution in [2.45, 2.75) is 243 Å². The molecule has 1 aliphatic heterocycles. The van der Waals surface area contributed by atoms with Crippen molar-refractivity contribution in [1.82, 2.24) is 0 Å². The summed E-state index contributed by atoms with van der Waals surface area (Å²) in [5.41, 5.74) is 0. The lowest BCUT2D eigenvalue weighted by Crippen LogP contribution is -2.60. The maximum atomic E-state index is 12.8. The number of hydrogen-bond acceptors (Lipinski definition) is 10. The molecule has 1 heterocycles. The van der Waals surface area contributed by atoms with Crippen molar-refractivity contribution in [3.05, 3.63) is 48.6 Å². The molecule has 0 bridgehead atoms. The van der Waals surface area contributed by atoms with E-state index in [0.717, 1.165) is 77.0 Å². The molecule has 4 N–H and O–H groups in total. The number of ether oxygens (including phenoxy) is 4. The first-order valence-electron chi connectivity index (χ1n) is 24.7. The second-order valence-corrected chi connectivity index (χ2v) is 16.9. The summed E-state index contributed by atoms with van der Waals surface area (Å²) in [6, 6.07) is 0. The van der Waals surface area contributed by atoms with Gasteiger partial charge in [0.15, 0.2) is 18.5 Å². The minimum atomic E-state index is -1.86. The summed E-state index contributed by atoms with van der Waals surface area (Å²) in [5.74, 6) is -2.46. The molecule has 0 aromatic heterocycles. The summed E-state index contributed by atoms with van der Waals surface area (Å²) in [7, 11) is 0. The molecule has 0 amide bonds. The molecule has 11 nitrogen and oxygen atoms in total. The third-order valence-electron chi connectivity index (χ3n) is 11.2. The van der Waals surface area contributed by atoms with Crippen molar-refractivity contribution in [2.75, 3.05) is 13.2 Å². The molecule has 6 unspecified atom stereocenters. The Morgan fingerprint density at radius 3 is 1.40 bits per heavy atom. The zero-order valence-electron chi connectivity index (χ0n) is 38.9. The second-order valence-electron chi connectivity index (χ2n) is 16.9. The van der Waals surface area contributed by atoms with E-state index in [0.29, 0.717) is 12.8 Å². The van der Waals surface area contributed by atoms with Gasteiger partial charge in [0.1, 0.15) is 24.9 Å². The molecule has 0 radical (unpaired) electrons. The van der Waals surface area contributed by atoms with Gasteiger partial charge < -0.3 is 39.4 Å². The van der Waals surface area contributed by atoms with Crippen molar-refractivity contribution in [1.29, 1.82) is 0 Å².